The van der Waals surface area contributed by atoms with E-state index in [9.17, 15) is 9.59 Å². The molecule has 2 amide bonds. The second kappa shape index (κ2) is 9.55. The van der Waals surface area contributed by atoms with Crippen LogP contribution in [-0.2, 0) is 14.3 Å². The first-order valence-corrected chi connectivity index (χ1v) is 10.9. The third-order valence-electron chi connectivity index (χ3n) is 6.14. The van der Waals surface area contributed by atoms with Crippen LogP contribution in [0.2, 0.25) is 0 Å². The molecule has 160 valence electrons. The van der Waals surface area contributed by atoms with Crippen LogP contribution in [0.3, 0.4) is 0 Å². The molecule has 0 saturated carbocycles. The van der Waals surface area contributed by atoms with E-state index < -0.39 is 0 Å². The van der Waals surface area contributed by atoms with Gasteiger partial charge in [0, 0.05) is 64.8 Å². The largest absolute Gasteiger partial charge is 0.378 e. The van der Waals surface area contributed by atoms with Gasteiger partial charge in [-0.3, -0.25) is 19.4 Å². The van der Waals surface area contributed by atoms with E-state index in [1.54, 1.807) is 0 Å². The molecule has 0 unspecified atom stereocenters. The Balaban J connectivity index is 1.36. The van der Waals surface area contributed by atoms with Crippen molar-refractivity contribution in [1.82, 2.24) is 19.6 Å². The Morgan fingerprint density at radius 2 is 1.39 bits per heavy atom. The Morgan fingerprint density at radius 3 is 1.96 bits per heavy atom. The van der Waals surface area contributed by atoms with Crippen molar-refractivity contribution in [3.8, 4) is 0 Å². The first-order valence-electron chi connectivity index (χ1n) is 10.9. The quantitative estimate of drug-likeness (QED) is 0.709. The number of ether oxygens (including phenoxy) is 1. The molecule has 0 aromatic carbocycles. The van der Waals surface area contributed by atoms with Gasteiger partial charge in [-0.2, -0.15) is 0 Å². The van der Waals surface area contributed by atoms with E-state index >= 15 is 0 Å². The Labute approximate surface area is 169 Å². The van der Waals surface area contributed by atoms with E-state index in [1.165, 1.54) is 0 Å². The van der Waals surface area contributed by atoms with Crippen molar-refractivity contribution in [3.05, 3.63) is 0 Å². The van der Waals surface area contributed by atoms with Crippen LogP contribution in [0.25, 0.3) is 0 Å². The SMILES string of the molecule is CC(C)(C)CC(=O)N1CCC(N2CCN(CC(=O)N3CCOCC3)CC2)CC1. The van der Waals surface area contributed by atoms with Gasteiger partial charge in [-0.05, 0) is 18.3 Å². The fourth-order valence-electron chi connectivity index (χ4n) is 4.44. The standard InChI is InChI=1S/C21H38N4O3/c1-21(2,3)16-19(26)24-6-4-18(5-7-24)23-10-8-22(9-11-23)17-20(27)25-12-14-28-15-13-25/h18H,4-17H2,1-3H3. The maximum Gasteiger partial charge on any atom is 0.236 e. The predicted molar refractivity (Wildman–Crippen MR) is 109 cm³/mol. The Kier molecular flexibility index (Phi) is 7.34. The molecule has 3 aliphatic heterocycles. The highest BCUT2D eigenvalue weighted by Crippen LogP contribution is 2.23. The van der Waals surface area contributed by atoms with Gasteiger partial charge in [0.25, 0.3) is 0 Å². The summed E-state index contributed by atoms with van der Waals surface area (Å²) in [7, 11) is 0. The van der Waals surface area contributed by atoms with Crippen LogP contribution < -0.4 is 0 Å². The summed E-state index contributed by atoms with van der Waals surface area (Å²) >= 11 is 0. The van der Waals surface area contributed by atoms with Gasteiger partial charge in [-0.1, -0.05) is 20.8 Å². The fraction of sp³-hybridized carbons (Fsp3) is 0.905. The molecule has 0 aromatic heterocycles. The third kappa shape index (κ3) is 6.16. The molecule has 7 nitrogen and oxygen atoms in total. The van der Waals surface area contributed by atoms with Gasteiger partial charge in [-0.15, -0.1) is 0 Å². The molecule has 3 fully saturated rings. The van der Waals surface area contributed by atoms with Crippen molar-refractivity contribution in [3.63, 3.8) is 0 Å². The van der Waals surface area contributed by atoms with Crippen molar-refractivity contribution in [1.29, 1.82) is 0 Å². The zero-order valence-electron chi connectivity index (χ0n) is 18.0. The number of morpholine rings is 1. The maximum atomic E-state index is 12.4. The summed E-state index contributed by atoms with van der Waals surface area (Å²) in [4.78, 5) is 33.7. The summed E-state index contributed by atoms with van der Waals surface area (Å²) < 4.78 is 5.33. The van der Waals surface area contributed by atoms with E-state index in [-0.39, 0.29) is 11.3 Å². The molecule has 0 radical (unpaired) electrons. The zero-order valence-corrected chi connectivity index (χ0v) is 18.0. The molecule has 0 aromatic rings. The molecule has 3 rings (SSSR count). The number of hydrogen-bond donors (Lipinski definition) is 0. The van der Waals surface area contributed by atoms with Crippen LogP contribution in [-0.4, -0.2) is 110 Å². The second-order valence-electron chi connectivity index (χ2n) is 9.65. The van der Waals surface area contributed by atoms with Gasteiger partial charge in [0.1, 0.15) is 0 Å². The minimum absolute atomic E-state index is 0.0584. The Hall–Kier alpha value is -1.18. The van der Waals surface area contributed by atoms with Gasteiger partial charge >= 0.3 is 0 Å². The van der Waals surface area contributed by atoms with Gasteiger partial charge in [-0.25, -0.2) is 0 Å². The van der Waals surface area contributed by atoms with Crippen molar-refractivity contribution in [2.75, 3.05) is 72.1 Å². The Bertz CT molecular complexity index is 526. The molecule has 0 spiro atoms. The number of likely N-dealkylation sites (tertiary alicyclic amines) is 1. The highest BCUT2D eigenvalue weighted by Gasteiger charge is 2.31. The van der Waals surface area contributed by atoms with Crippen LogP contribution in [0.15, 0.2) is 0 Å². The molecule has 0 aliphatic carbocycles. The number of carbonyl (C=O) groups excluding carboxylic acids is 2. The monoisotopic (exact) mass is 394 g/mol. The van der Waals surface area contributed by atoms with E-state index in [2.05, 4.69) is 35.5 Å². The lowest BCUT2D eigenvalue weighted by atomic mass is 9.91. The van der Waals surface area contributed by atoms with Crippen molar-refractivity contribution in [2.45, 2.75) is 46.1 Å². The van der Waals surface area contributed by atoms with Crippen LogP contribution in [0, 0.1) is 5.41 Å². The van der Waals surface area contributed by atoms with Gasteiger partial charge in [0.15, 0.2) is 0 Å². The van der Waals surface area contributed by atoms with E-state index in [1.807, 2.05) is 4.90 Å². The highest BCUT2D eigenvalue weighted by molar-refractivity contribution is 5.78. The number of hydrogen-bond acceptors (Lipinski definition) is 5. The summed E-state index contributed by atoms with van der Waals surface area (Å²) in [5.41, 5.74) is 0.0584. The summed E-state index contributed by atoms with van der Waals surface area (Å²) in [5, 5.41) is 0. The lowest BCUT2D eigenvalue weighted by molar-refractivity contribution is -0.137. The summed E-state index contributed by atoms with van der Waals surface area (Å²) in [6.07, 6.45) is 2.78. The van der Waals surface area contributed by atoms with Crippen LogP contribution in [0.4, 0.5) is 0 Å². The molecule has 3 aliphatic rings. The first-order chi connectivity index (χ1) is 13.3. The smallest absolute Gasteiger partial charge is 0.236 e. The van der Waals surface area contributed by atoms with E-state index in [4.69, 9.17) is 4.74 Å². The van der Waals surface area contributed by atoms with Crippen LogP contribution in [0.1, 0.15) is 40.0 Å². The minimum atomic E-state index is 0.0584. The van der Waals surface area contributed by atoms with Gasteiger partial charge in [0.05, 0.1) is 19.8 Å². The van der Waals surface area contributed by atoms with Crippen molar-refractivity contribution >= 4 is 11.8 Å². The molecule has 7 heteroatoms. The molecule has 3 saturated heterocycles. The van der Waals surface area contributed by atoms with Crippen LogP contribution >= 0.6 is 0 Å². The number of piperazine rings is 1. The summed E-state index contributed by atoms with van der Waals surface area (Å²) in [6, 6.07) is 0.579. The molecule has 0 bridgehead atoms. The normalized spacial score (nSPS) is 23.8. The lowest BCUT2D eigenvalue weighted by Crippen LogP contribution is -2.55. The average Bonchev–Trinajstić information content (AvgIpc) is 2.68. The lowest BCUT2D eigenvalue weighted by Gasteiger charge is -2.43. The summed E-state index contributed by atoms with van der Waals surface area (Å²) in [6.45, 7) is 15.4. The number of amides is 2. The number of rotatable bonds is 4. The fourth-order valence-corrected chi connectivity index (χ4v) is 4.44. The molecule has 0 N–H and O–H groups in total. The first kappa shape index (κ1) is 21.5. The molecular formula is C21H38N4O3. The Morgan fingerprint density at radius 1 is 0.821 bits per heavy atom. The average molecular weight is 395 g/mol. The second-order valence-corrected chi connectivity index (χ2v) is 9.65. The van der Waals surface area contributed by atoms with E-state index in [0.29, 0.717) is 38.1 Å². The maximum absolute atomic E-state index is 12.4. The number of nitrogens with zero attached hydrogens (tertiary/aromatic N) is 4. The highest BCUT2D eigenvalue weighted by atomic mass is 16.5. The number of carbonyl (C=O) groups is 2. The van der Waals surface area contributed by atoms with Crippen LogP contribution in [0.5, 0.6) is 0 Å². The van der Waals surface area contributed by atoms with Gasteiger partial charge in [0.2, 0.25) is 11.8 Å². The molecule has 0 atom stereocenters. The van der Waals surface area contributed by atoms with E-state index in [0.717, 1.165) is 65.2 Å². The van der Waals surface area contributed by atoms with Crippen molar-refractivity contribution in [2.24, 2.45) is 5.41 Å². The minimum Gasteiger partial charge on any atom is -0.378 e. The molecule has 3 heterocycles. The zero-order chi connectivity index (χ0) is 20.1. The van der Waals surface area contributed by atoms with Gasteiger partial charge < -0.3 is 14.5 Å². The molecular weight excluding hydrogens is 356 g/mol. The van der Waals surface area contributed by atoms with Crippen molar-refractivity contribution < 1.29 is 14.3 Å². The topological polar surface area (TPSA) is 56.3 Å². The predicted octanol–water partition coefficient (Wildman–Crippen LogP) is 0.890. The molecule has 28 heavy (non-hydrogen) atoms. The number of piperidine rings is 1. The summed E-state index contributed by atoms with van der Waals surface area (Å²) in [5.74, 6) is 0.541. The third-order valence-corrected chi connectivity index (χ3v) is 6.14.